The van der Waals surface area contributed by atoms with Gasteiger partial charge in [0.1, 0.15) is 0 Å². The van der Waals surface area contributed by atoms with E-state index in [1.807, 2.05) is 6.92 Å². The molecule has 0 spiro atoms. The molecule has 0 bridgehead atoms. The standard InChI is InChI=1S/C25H41N3O2/c1-18(2)20(4)26-23(29)11-12-24(30)27-22-13-15-25(16-14-22,28(5)6)17-21-9-7-19(3)8-10-21/h7-10,18,20,22H,11-17H2,1-6H3,(H,26,29)(H,27,30). The number of nitrogens with one attached hydrogen (secondary N) is 2. The van der Waals surface area contributed by atoms with E-state index >= 15 is 0 Å². The zero-order valence-corrected chi connectivity index (χ0v) is 19.8. The molecule has 1 aromatic rings. The van der Waals surface area contributed by atoms with Gasteiger partial charge in [0.15, 0.2) is 0 Å². The first kappa shape index (κ1) is 24.4. The zero-order chi connectivity index (χ0) is 22.3. The summed E-state index contributed by atoms with van der Waals surface area (Å²) in [4.78, 5) is 26.7. The zero-order valence-electron chi connectivity index (χ0n) is 19.8. The molecule has 1 aliphatic rings. The predicted molar refractivity (Wildman–Crippen MR) is 123 cm³/mol. The van der Waals surface area contributed by atoms with Gasteiger partial charge >= 0.3 is 0 Å². The number of likely N-dealkylation sites (N-methyl/N-ethyl adjacent to an activating group) is 1. The molecule has 1 saturated carbocycles. The Morgan fingerprint density at radius 1 is 1.03 bits per heavy atom. The van der Waals surface area contributed by atoms with Crippen LogP contribution in [0.25, 0.3) is 0 Å². The van der Waals surface area contributed by atoms with E-state index in [9.17, 15) is 9.59 Å². The maximum atomic E-state index is 12.4. The lowest BCUT2D eigenvalue weighted by Crippen LogP contribution is -2.52. The smallest absolute Gasteiger partial charge is 0.220 e. The summed E-state index contributed by atoms with van der Waals surface area (Å²) in [5.41, 5.74) is 2.80. The summed E-state index contributed by atoms with van der Waals surface area (Å²) in [5.74, 6) is 0.338. The van der Waals surface area contributed by atoms with Gasteiger partial charge in [-0.3, -0.25) is 9.59 Å². The molecule has 30 heavy (non-hydrogen) atoms. The van der Waals surface area contributed by atoms with Crippen LogP contribution in [-0.2, 0) is 16.0 Å². The second-order valence-electron chi connectivity index (χ2n) is 9.72. The Morgan fingerprint density at radius 2 is 1.60 bits per heavy atom. The molecule has 0 saturated heterocycles. The van der Waals surface area contributed by atoms with Gasteiger partial charge in [-0.15, -0.1) is 0 Å². The van der Waals surface area contributed by atoms with E-state index in [2.05, 4.69) is 74.7 Å². The van der Waals surface area contributed by atoms with Gasteiger partial charge in [-0.25, -0.2) is 0 Å². The Labute approximate surface area is 183 Å². The first-order valence-electron chi connectivity index (χ1n) is 11.4. The largest absolute Gasteiger partial charge is 0.353 e. The fourth-order valence-corrected chi connectivity index (χ4v) is 4.19. The van der Waals surface area contributed by atoms with Gasteiger partial charge in [0.05, 0.1) is 0 Å². The van der Waals surface area contributed by atoms with Crippen LogP contribution in [0, 0.1) is 12.8 Å². The number of hydrogen-bond acceptors (Lipinski definition) is 3. The van der Waals surface area contributed by atoms with Crippen molar-refractivity contribution < 1.29 is 9.59 Å². The van der Waals surface area contributed by atoms with Crippen molar-refractivity contribution >= 4 is 11.8 Å². The molecule has 5 nitrogen and oxygen atoms in total. The Balaban J connectivity index is 1.81. The van der Waals surface area contributed by atoms with Crippen molar-refractivity contribution in [3.8, 4) is 0 Å². The van der Waals surface area contributed by atoms with E-state index < -0.39 is 0 Å². The Kier molecular flexibility index (Phi) is 8.90. The first-order chi connectivity index (χ1) is 14.1. The van der Waals surface area contributed by atoms with Gasteiger partial charge < -0.3 is 15.5 Å². The van der Waals surface area contributed by atoms with Crippen LogP contribution in [0.2, 0.25) is 0 Å². The van der Waals surface area contributed by atoms with E-state index in [4.69, 9.17) is 0 Å². The second-order valence-corrected chi connectivity index (χ2v) is 9.72. The van der Waals surface area contributed by atoms with Gasteiger partial charge in [0.25, 0.3) is 0 Å². The van der Waals surface area contributed by atoms with Crippen molar-refractivity contribution in [1.29, 1.82) is 0 Å². The monoisotopic (exact) mass is 415 g/mol. The Morgan fingerprint density at radius 3 is 2.13 bits per heavy atom. The van der Waals surface area contributed by atoms with Crippen molar-refractivity contribution in [2.45, 2.75) is 90.3 Å². The van der Waals surface area contributed by atoms with E-state index in [1.54, 1.807) is 0 Å². The minimum absolute atomic E-state index is 0.0109. The third-order valence-corrected chi connectivity index (χ3v) is 6.85. The number of carbonyl (C=O) groups excluding carboxylic acids is 2. The van der Waals surface area contributed by atoms with Crippen molar-refractivity contribution in [3.63, 3.8) is 0 Å². The van der Waals surface area contributed by atoms with Crippen LogP contribution in [0.3, 0.4) is 0 Å². The van der Waals surface area contributed by atoms with Crippen LogP contribution in [0.15, 0.2) is 24.3 Å². The van der Waals surface area contributed by atoms with E-state index in [-0.39, 0.29) is 42.3 Å². The molecule has 0 aromatic heterocycles. The summed E-state index contributed by atoms with van der Waals surface area (Å²) in [6.45, 7) is 8.27. The predicted octanol–water partition coefficient (Wildman–Crippen LogP) is 3.84. The van der Waals surface area contributed by atoms with Crippen LogP contribution < -0.4 is 10.6 Å². The average molecular weight is 416 g/mol. The molecule has 0 aliphatic heterocycles. The lowest BCUT2D eigenvalue weighted by atomic mass is 9.74. The molecule has 1 aromatic carbocycles. The highest BCUT2D eigenvalue weighted by molar-refractivity contribution is 5.83. The minimum Gasteiger partial charge on any atom is -0.353 e. The number of rotatable bonds is 9. The highest BCUT2D eigenvalue weighted by Crippen LogP contribution is 2.35. The summed E-state index contributed by atoms with van der Waals surface area (Å²) in [6.07, 6.45) is 5.63. The van der Waals surface area contributed by atoms with Crippen LogP contribution in [0.5, 0.6) is 0 Å². The fourth-order valence-electron chi connectivity index (χ4n) is 4.19. The summed E-state index contributed by atoms with van der Waals surface area (Å²) in [5, 5.41) is 6.12. The van der Waals surface area contributed by atoms with Crippen LogP contribution in [0.1, 0.15) is 70.4 Å². The fraction of sp³-hybridized carbons (Fsp3) is 0.680. The molecular formula is C25H41N3O2. The van der Waals surface area contributed by atoms with E-state index in [1.165, 1.54) is 11.1 Å². The first-order valence-corrected chi connectivity index (χ1v) is 11.4. The quantitative estimate of drug-likeness (QED) is 0.644. The summed E-state index contributed by atoms with van der Waals surface area (Å²) >= 11 is 0. The number of nitrogens with zero attached hydrogens (tertiary/aromatic N) is 1. The molecule has 1 atom stereocenters. The van der Waals surface area contributed by atoms with Crippen LogP contribution in [0.4, 0.5) is 0 Å². The third kappa shape index (κ3) is 7.12. The lowest BCUT2D eigenvalue weighted by Gasteiger charge is -2.45. The molecule has 0 heterocycles. The minimum atomic E-state index is -0.0419. The van der Waals surface area contributed by atoms with Gasteiger partial charge in [0.2, 0.25) is 11.8 Å². The highest BCUT2D eigenvalue weighted by Gasteiger charge is 2.37. The molecule has 2 N–H and O–H groups in total. The van der Waals surface area contributed by atoms with Gasteiger partial charge in [0, 0.05) is 30.5 Å². The van der Waals surface area contributed by atoms with Gasteiger partial charge in [-0.2, -0.15) is 0 Å². The number of amides is 2. The van der Waals surface area contributed by atoms with Crippen molar-refractivity contribution in [3.05, 3.63) is 35.4 Å². The molecule has 1 fully saturated rings. The molecule has 1 unspecified atom stereocenters. The van der Waals surface area contributed by atoms with Crippen molar-refractivity contribution in [2.24, 2.45) is 5.92 Å². The average Bonchev–Trinajstić information content (AvgIpc) is 2.69. The SMILES string of the molecule is Cc1ccc(CC2(N(C)C)CCC(NC(=O)CCC(=O)NC(C)C(C)C)CC2)cc1. The second kappa shape index (κ2) is 10.9. The maximum absolute atomic E-state index is 12.4. The lowest BCUT2D eigenvalue weighted by molar-refractivity contribution is -0.127. The highest BCUT2D eigenvalue weighted by atomic mass is 16.2. The Bertz CT molecular complexity index is 689. The molecule has 0 radical (unpaired) electrons. The molecule has 1 aliphatic carbocycles. The molecule has 2 rings (SSSR count). The van der Waals surface area contributed by atoms with Crippen molar-refractivity contribution in [2.75, 3.05) is 14.1 Å². The number of carbonyl (C=O) groups is 2. The summed E-state index contributed by atoms with van der Waals surface area (Å²) in [7, 11) is 4.34. The number of aryl methyl sites for hydroxylation is 1. The topological polar surface area (TPSA) is 61.4 Å². The normalized spacial score (nSPS) is 22.7. The maximum Gasteiger partial charge on any atom is 0.220 e. The van der Waals surface area contributed by atoms with Crippen LogP contribution in [-0.4, -0.2) is 48.4 Å². The molecule has 168 valence electrons. The molecule has 5 heteroatoms. The number of hydrogen-bond donors (Lipinski definition) is 2. The Hall–Kier alpha value is -1.88. The van der Waals surface area contributed by atoms with Crippen LogP contribution >= 0.6 is 0 Å². The van der Waals surface area contributed by atoms with Gasteiger partial charge in [-0.1, -0.05) is 43.7 Å². The molecular weight excluding hydrogens is 374 g/mol. The van der Waals surface area contributed by atoms with Crippen molar-refractivity contribution in [1.82, 2.24) is 15.5 Å². The van der Waals surface area contributed by atoms with E-state index in [0.717, 1.165) is 32.1 Å². The van der Waals surface area contributed by atoms with E-state index in [0.29, 0.717) is 5.92 Å². The summed E-state index contributed by atoms with van der Waals surface area (Å²) < 4.78 is 0. The summed E-state index contributed by atoms with van der Waals surface area (Å²) in [6, 6.07) is 9.18. The third-order valence-electron chi connectivity index (χ3n) is 6.85. The van der Waals surface area contributed by atoms with Gasteiger partial charge in [-0.05, 0) is 71.5 Å². The molecule has 2 amide bonds. The number of benzene rings is 1.